The normalized spacial score (nSPS) is 11.4. The topological polar surface area (TPSA) is 67.8 Å². The lowest BCUT2D eigenvalue weighted by molar-refractivity contribution is 0.318. The number of ether oxygens (including phenoxy) is 1. The van der Waals surface area contributed by atoms with Gasteiger partial charge in [-0.2, -0.15) is 0 Å². The van der Waals surface area contributed by atoms with E-state index in [0.29, 0.717) is 32.1 Å². The molecule has 20 heavy (non-hydrogen) atoms. The van der Waals surface area contributed by atoms with Crippen LogP contribution in [-0.4, -0.2) is 11.0 Å². The fourth-order valence-corrected chi connectivity index (χ4v) is 2.14. The van der Waals surface area contributed by atoms with Crippen molar-refractivity contribution in [3.05, 3.63) is 57.0 Å². The zero-order valence-corrected chi connectivity index (χ0v) is 12.2. The third-order valence-electron chi connectivity index (χ3n) is 2.44. The van der Waals surface area contributed by atoms with Gasteiger partial charge < -0.3 is 15.7 Å². The van der Waals surface area contributed by atoms with Crippen molar-refractivity contribution in [2.75, 3.05) is 0 Å². The molecular formula is C13H9Cl3N2O2. The van der Waals surface area contributed by atoms with Crippen LogP contribution in [-0.2, 0) is 0 Å². The molecule has 0 bridgehead atoms. The number of rotatable bonds is 3. The van der Waals surface area contributed by atoms with Gasteiger partial charge in [0.1, 0.15) is 11.5 Å². The molecule has 2 aromatic carbocycles. The Bertz CT molecular complexity index is 675. The Kier molecular flexibility index (Phi) is 4.60. The highest BCUT2D eigenvalue weighted by Gasteiger charge is 2.12. The molecule has 104 valence electrons. The van der Waals surface area contributed by atoms with Crippen LogP contribution >= 0.6 is 34.8 Å². The molecule has 2 rings (SSSR count). The number of benzene rings is 2. The van der Waals surface area contributed by atoms with Crippen LogP contribution in [0.25, 0.3) is 0 Å². The molecule has 0 atom stereocenters. The predicted molar refractivity (Wildman–Crippen MR) is 80.5 cm³/mol. The van der Waals surface area contributed by atoms with Gasteiger partial charge in [-0.1, -0.05) is 40.0 Å². The molecule has 0 spiro atoms. The SMILES string of the molecule is NC(=NO)c1cc(Cl)ccc1Oc1ccc(Cl)cc1Cl. The molecule has 7 heteroatoms. The van der Waals surface area contributed by atoms with E-state index in [1.807, 2.05) is 0 Å². The summed E-state index contributed by atoms with van der Waals surface area (Å²) in [5, 5.41) is 13.0. The van der Waals surface area contributed by atoms with Crippen LogP contribution in [0, 0.1) is 0 Å². The van der Waals surface area contributed by atoms with Crippen molar-refractivity contribution in [3.8, 4) is 11.5 Å². The molecule has 0 amide bonds. The standard InChI is InChI=1S/C13H9Cl3N2O2/c14-7-1-3-11(9(5-7)13(17)18-19)20-12-4-2-8(15)6-10(12)16/h1-6,19H,(H2,17,18). The van der Waals surface area contributed by atoms with E-state index in [9.17, 15) is 0 Å². The highest BCUT2D eigenvalue weighted by molar-refractivity contribution is 6.35. The molecule has 0 fully saturated rings. The van der Waals surface area contributed by atoms with Crippen molar-refractivity contribution in [3.63, 3.8) is 0 Å². The zero-order valence-electron chi connectivity index (χ0n) is 9.98. The van der Waals surface area contributed by atoms with E-state index in [1.165, 1.54) is 6.07 Å². The molecule has 2 aromatic rings. The lowest BCUT2D eigenvalue weighted by atomic mass is 10.2. The molecule has 0 unspecified atom stereocenters. The molecular weight excluding hydrogens is 323 g/mol. The Labute approximate surface area is 130 Å². The van der Waals surface area contributed by atoms with Gasteiger partial charge in [0.15, 0.2) is 5.84 Å². The molecule has 0 aromatic heterocycles. The van der Waals surface area contributed by atoms with E-state index in [1.54, 1.807) is 30.3 Å². The van der Waals surface area contributed by atoms with E-state index in [2.05, 4.69) is 5.16 Å². The summed E-state index contributed by atoms with van der Waals surface area (Å²) in [6.45, 7) is 0. The molecule has 4 nitrogen and oxygen atoms in total. The van der Waals surface area contributed by atoms with Gasteiger partial charge in [0.05, 0.1) is 10.6 Å². The quantitative estimate of drug-likeness (QED) is 0.376. The fraction of sp³-hybridized carbons (Fsp3) is 0. The maximum Gasteiger partial charge on any atom is 0.173 e. The number of amidine groups is 1. The highest BCUT2D eigenvalue weighted by atomic mass is 35.5. The number of hydrogen-bond donors (Lipinski definition) is 2. The van der Waals surface area contributed by atoms with E-state index in [-0.39, 0.29) is 5.84 Å². The lowest BCUT2D eigenvalue weighted by Gasteiger charge is -2.12. The van der Waals surface area contributed by atoms with Crippen molar-refractivity contribution in [1.82, 2.24) is 0 Å². The van der Waals surface area contributed by atoms with E-state index in [4.69, 9.17) is 50.5 Å². The summed E-state index contributed by atoms with van der Waals surface area (Å²) in [6, 6.07) is 9.56. The van der Waals surface area contributed by atoms with Gasteiger partial charge >= 0.3 is 0 Å². The molecule has 3 N–H and O–H groups in total. The maximum absolute atomic E-state index is 8.78. The first-order valence-electron chi connectivity index (χ1n) is 5.41. The third kappa shape index (κ3) is 3.28. The largest absolute Gasteiger partial charge is 0.455 e. The predicted octanol–water partition coefficient (Wildman–Crippen LogP) is 4.53. The summed E-state index contributed by atoms with van der Waals surface area (Å²) >= 11 is 17.7. The second kappa shape index (κ2) is 6.22. The van der Waals surface area contributed by atoms with Gasteiger partial charge in [-0.3, -0.25) is 0 Å². The Balaban J connectivity index is 2.43. The first-order chi connectivity index (χ1) is 9.51. The second-order valence-electron chi connectivity index (χ2n) is 3.80. The fourth-order valence-electron chi connectivity index (χ4n) is 1.52. The first-order valence-corrected chi connectivity index (χ1v) is 6.55. The van der Waals surface area contributed by atoms with Crippen molar-refractivity contribution < 1.29 is 9.94 Å². The van der Waals surface area contributed by atoms with Crippen LogP contribution in [0.3, 0.4) is 0 Å². The third-order valence-corrected chi connectivity index (χ3v) is 3.20. The van der Waals surface area contributed by atoms with Gasteiger partial charge in [0.25, 0.3) is 0 Å². The van der Waals surface area contributed by atoms with Crippen LogP contribution < -0.4 is 10.5 Å². The number of halogens is 3. The summed E-state index contributed by atoms with van der Waals surface area (Å²) in [4.78, 5) is 0. The molecule has 0 aliphatic heterocycles. The van der Waals surface area contributed by atoms with E-state index < -0.39 is 0 Å². The molecule has 0 heterocycles. The van der Waals surface area contributed by atoms with Crippen LogP contribution in [0.15, 0.2) is 41.6 Å². The average molecular weight is 332 g/mol. The Morgan fingerprint density at radius 3 is 2.20 bits per heavy atom. The number of nitrogens with two attached hydrogens (primary N) is 1. The van der Waals surface area contributed by atoms with Crippen molar-refractivity contribution in [2.24, 2.45) is 10.9 Å². The maximum atomic E-state index is 8.78. The molecule has 0 saturated heterocycles. The van der Waals surface area contributed by atoms with E-state index in [0.717, 1.165) is 0 Å². The van der Waals surface area contributed by atoms with Gasteiger partial charge in [0.2, 0.25) is 0 Å². The monoisotopic (exact) mass is 330 g/mol. The number of oxime groups is 1. The van der Waals surface area contributed by atoms with Crippen LogP contribution in [0.1, 0.15) is 5.56 Å². The van der Waals surface area contributed by atoms with Crippen molar-refractivity contribution >= 4 is 40.6 Å². The van der Waals surface area contributed by atoms with Crippen LogP contribution in [0.2, 0.25) is 15.1 Å². The summed E-state index contributed by atoms with van der Waals surface area (Å²) in [6.07, 6.45) is 0. The Hall–Kier alpha value is -1.62. The summed E-state index contributed by atoms with van der Waals surface area (Å²) in [5.74, 6) is 0.631. The smallest absolute Gasteiger partial charge is 0.173 e. The average Bonchev–Trinajstić information content (AvgIpc) is 2.42. The first kappa shape index (κ1) is 14.8. The molecule has 0 saturated carbocycles. The van der Waals surface area contributed by atoms with Crippen molar-refractivity contribution in [1.29, 1.82) is 0 Å². The van der Waals surface area contributed by atoms with E-state index >= 15 is 0 Å². The molecule has 0 aliphatic carbocycles. The minimum atomic E-state index is -0.118. The van der Waals surface area contributed by atoms with Gasteiger partial charge in [-0.15, -0.1) is 0 Å². The van der Waals surface area contributed by atoms with Crippen molar-refractivity contribution in [2.45, 2.75) is 0 Å². The Morgan fingerprint density at radius 2 is 1.60 bits per heavy atom. The number of hydrogen-bond acceptors (Lipinski definition) is 3. The van der Waals surface area contributed by atoms with Gasteiger partial charge in [-0.25, -0.2) is 0 Å². The van der Waals surface area contributed by atoms with Gasteiger partial charge in [-0.05, 0) is 36.4 Å². The minimum Gasteiger partial charge on any atom is -0.455 e. The Morgan fingerprint density at radius 1 is 1.00 bits per heavy atom. The molecule has 0 aliphatic rings. The summed E-state index contributed by atoms with van der Waals surface area (Å²) < 4.78 is 5.65. The lowest BCUT2D eigenvalue weighted by Crippen LogP contribution is -2.14. The summed E-state index contributed by atoms with van der Waals surface area (Å²) in [5.41, 5.74) is 5.94. The molecule has 0 radical (unpaired) electrons. The van der Waals surface area contributed by atoms with Crippen LogP contribution in [0.5, 0.6) is 11.5 Å². The van der Waals surface area contributed by atoms with Gasteiger partial charge in [0, 0.05) is 10.0 Å². The second-order valence-corrected chi connectivity index (χ2v) is 5.08. The zero-order chi connectivity index (χ0) is 14.7. The number of nitrogens with zero attached hydrogens (tertiary/aromatic N) is 1. The summed E-state index contributed by atoms with van der Waals surface area (Å²) in [7, 11) is 0. The van der Waals surface area contributed by atoms with Crippen LogP contribution in [0.4, 0.5) is 0 Å². The highest BCUT2D eigenvalue weighted by Crippen LogP contribution is 2.33. The minimum absolute atomic E-state index is 0.118.